The van der Waals surface area contributed by atoms with E-state index in [1.54, 1.807) is 6.20 Å². The third kappa shape index (κ3) is 4.06. The summed E-state index contributed by atoms with van der Waals surface area (Å²) < 4.78 is 47.4. The summed E-state index contributed by atoms with van der Waals surface area (Å²) in [5.41, 5.74) is 0.326. The fourth-order valence-corrected chi connectivity index (χ4v) is 3.17. The van der Waals surface area contributed by atoms with Crippen LogP contribution in [0.3, 0.4) is 0 Å². The first-order valence-corrected chi connectivity index (χ1v) is 8.35. The normalized spacial score (nSPS) is 14.8. The number of nitrogens with one attached hydrogen (secondary N) is 1. The number of methoxy groups -OCH3 is 1. The maximum Gasteiger partial charge on any atom is 0.435 e. The van der Waals surface area contributed by atoms with Crippen LogP contribution in [-0.2, 0) is 41.8 Å². The first-order chi connectivity index (χ1) is 12.4. The fraction of sp³-hybridized carbons (Fsp3) is 0.562. The van der Waals surface area contributed by atoms with Gasteiger partial charge in [0.15, 0.2) is 5.69 Å². The highest BCUT2D eigenvalue weighted by atomic mass is 19.4. The van der Waals surface area contributed by atoms with Crippen molar-refractivity contribution in [3.8, 4) is 0 Å². The van der Waals surface area contributed by atoms with Crippen molar-refractivity contribution in [3.05, 3.63) is 29.3 Å². The van der Waals surface area contributed by atoms with Crippen molar-refractivity contribution < 1.29 is 22.7 Å². The second-order valence-corrected chi connectivity index (χ2v) is 6.22. The Morgan fingerprint density at radius 2 is 2.08 bits per heavy atom. The van der Waals surface area contributed by atoms with E-state index < -0.39 is 17.8 Å². The molecule has 0 radical (unpaired) electrons. The molecule has 10 heteroatoms. The number of hydrogen-bond donors (Lipinski definition) is 1. The molecule has 0 atom stereocenters. The van der Waals surface area contributed by atoms with Crippen LogP contribution in [0.25, 0.3) is 0 Å². The lowest BCUT2D eigenvalue weighted by Crippen LogP contribution is -2.21. The zero-order valence-electron chi connectivity index (χ0n) is 14.3. The lowest BCUT2D eigenvalue weighted by molar-refractivity contribution is -0.142. The van der Waals surface area contributed by atoms with Gasteiger partial charge in [-0.25, -0.2) is 4.68 Å². The van der Waals surface area contributed by atoms with Crippen LogP contribution in [0.5, 0.6) is 0 Å². The Hall–Kier alpha value is -2.36. The molecular formula is C16H20F3N5O2. The maximum atomic E-state index is 13.3. The van der Waals surface area contributed by atoms with E-state index in [0.29, 0.717) is 30.6 Å². The summed E-state index contributed by atoms with van der Waals surface area (Å²) in [6.07, 6.45) is 1.71. The Morgan fingerprint density at radius 3 is 2.81 bits per heavy atom. The Morgan fingerprint density at radius 1 is 1.31 bits per heavy atom. The molecule has 0 bridgehead atoms. The Balaban J connectivity index is 1.78. The number of carbonyl (C=O) groups excluding carboxylic acids is 1. The summed E-state index contributed by atoms with van der Waals surface area (Å²) in [5, 5.41) is 10.3. The molecule has 1 N–H and O–H groups in total. The number of carbonyl (C=O) groups is 1. The molecule has 1 aliphatic carbocycles. The van der Waals surface area contributed by atoms with Gasteiger partial charge < -0.3 is 10.1 Å². The Bertz CT molecular complexity index is 781. The van der Waals surface area contributed by atoms with Crippen molar-refractivity contribution in [2.24, 2.45) is 0 Å². The van der Waals surface area contributed by atoms with E-state index in [0.717, 1.165) is 12.8 Å². The van der Waals surface area contributed by atoms with Gasteiger partial charge in [0, 0.05) is 18.4 Å². The van der Waals surface area contributed by atoms with E-state index in [1.165, 1.54) is 22.7 Å². The Kier molecular flexibility index (Phi) is 5.30. The van der Waals surface area contributed by atoms with Gasteiger partial charge in [-0.3, -0.25) is 9.48 Å². The van der Waals surface area contributed by atoms with Gasteiger partial charge in [-0.15, -0.1) is 0 Å². The molecule has 0 aliphatic heterocycles. The highest BCUT2D eigenvalue weighted by Gasteiger charge is 2.39. The second-order valence-electron chi connectivity index (χ2n) is 6.22. The van der Waals surface area contributed by atoms with Gasteiger partial charge in [-0.05, 0) is 25.7 Å². The molecule has 0 aromatic carbocycles. The molecule has 3 rings (SSSR count). The largest absolute Gasteiger partial charge is 0.435 e. The second kappa shape index (κ2) is 7.48. The quantitative estimate of drug-likeness (QED) is 0.820. The fourth-order valence-electron chi connectivity index (χ4n) is 3.17. The third-order valence-corrected chi connectivity index (χ3v) is 4.25. The average molecular weight is 371 g/mol. The summed E-state index contributed by atoms with van der Waals surface area (Å²) in [5.74, 6) is -0.453. The van der Waals surface area contributed by atoms with Crippen LogP contribution < -0.4 is 5.32 Å². The monoisotopic (exact) mass is 371 g/mol. The first kappa shape index (κ1) is 18.4. The van der Waals surface area contributed by atoms with Crippen LogP contribution in [0.2, 0.25) is 0 Å². The molecule has 0 saturated heterocycles. The molecule has 1 amide bonds. The van der Waals surface area contributed by atoms with E-state index in [1.807, 2.05) is 0 Å². The molecule has 0 unspecified atom stereocenters. The minimum absolute atomic E-state index is 0.232. The predicted molar refractivity (Wildman–Crippen MR) is 86.4 cm³/mol. The van der Waals surface area contributed by atoms with Gasteiger partial charge in [0.2, 0.25) is 5.91 Å². The van der Waals surface area contributed by atoms with E-state index in [-0.39, 0.29) is 18.8 Å². The summed E-state index contributed by atoms with van der Waals surface area (Å²) in [7, 11) is 1.52. The minimum Gasteiger partial charge on any atom is -0.362 e. The number of rotatable bonds is 5. The molecule has 1 aliphatic rings. The zero-order valence-corrected chi connectivity index (χ0v) is 14.3. The highest BCUT2D eigenvalue weighted by Crippen LogP contribution is 2.35. The summed E-state index contributed by atoms with van der Waals surface area (Å²) in [4.78, 5) is 12.3. The van der Waals surface area contributed by atoms with Crippen molar-refractivity contribution in [1.29, 1.82) is 0 Å². The third-order valence-electron chi connectivity index (χ3n) is 4.25. The minimum atomic E-state index is -4.52. The standard InChI is InChI=1S/C16H20F3N5O2/c1-26-10-23-8-11(7-20-23)21-14(25)9-24-13-6-4-2-3-5-12(13)15(22-24)16(17,18)19/h7-8H,2-6,9-10H2,1H3,(H,21,25). The highest BCUT2D eigenvalue weighted by molar-refractivity contribution is 5.90. The zero-order chi connectivity index (χ0) is 18.7. The van der Waals surface area contributed by atoms with Crippen molar-refractivity contribution >= 4 is 11.6 Å². The van der Waals surface area contributed by atoms with Gasteiger partial charge in [-0.1, -0.05) is 6.42 Å². The predicted octanol–water partition coefficient (Wildman–Crippen LogP) is 2.61. The Labute approximate surface area is 148 Å². The topological polar surface area (TPSA) is 74.0 Å². The number of nitrogens with zero attached hydrogens (tertiary/aromatic N) is 4. The van der Waals surface area contributed by atoms with Crippen LogP contribution in [-0.4, -0.2) is 32.6 Å². The number of ether oxygens (including phenoxy) is 1. The van der Waals surface area contributed by atoms with Crippen molar-refractivity contribution in [1.82, 2.24) is 19.6 Å². The smallest absolute Gasteiger partial charge is 0.362 e. The van der Waals surface area contributed by atoms with Crippen LogP contribution in [0.4, 0.5) is 18.9 Å². The van der Waals surface area contributed by atoms with Crippen LogP contribution in [0.15, 0.2) is 12.4 Å². The summed E-state index contributed by atoms with van der Waals surface area (Å²) in [6.45, 7) is -0.0364. The van der Waals surface area contributed by atoms with Crippen LogP contribution in [0, 0.1) is 0 Å². The number of aromatic nitrogens is 4. The first-order valence-electron chi connectivity index (χ1n) is 8.35. The van der Waals surface area contributed by atoms with Crippen molar-refractivity contribution in [3.63, 3.8) is 0 Å². The van der Waals surface area contributed by atoms with Gasteiger partial charge in [0.25, 0.3) is 0 Å². The van der Waals surface area contributed by atoms with Gasteiger partial charge in [0.05, 0.1) is 18.1 Å². The summed E-state index contributed by atoms with van der Waals surface area (Å²) in [6, 6.07) is 0. The van der Waals surface area contributed by atoms with Gasteiger partial charge in [-0.2, -0.15) is 23.4 Å². The molecule has 2 aromatic heterocycles. The van der Waals surface area contributed by atoms with Crippen molar-refractivity contribution in [2.45, 2.75) is 51.6 Å². The van der Waals surface area contributed by atoms with Crippen LogP contribution in [0.1, 0.15) is 36.2 Å². The average Bonchev–Trinajstić information content (AvgIpc) is 3.04. The molecule has 2 aromatic rings. The molecule has 26 heavy (non-hydrogen) atoms. The van der Waals surface area contributed by atoms with Crippen molar-refractivity contribution in [2.75, 3.05) is 12.4 Å². The van der Waals surface area contributed by atoms with Crippen LogP contribution >= 0.6 is 0 Å². The molecule has 142 valence electrons. The van der Waals surface area contributed by atoms with E-state index in [9.17, 15) is 18.0 Å². The number of fused-ring (bicyclic) bond motifs is 1. The number of amides is 1. The number of hydrogen-bond acceptors (Lipinski definition) is 4. The lowest BCUT2D eigenvalue weighted by Gasteiger charge is -2.07. The lowest BCUT2D eigenvalue weighted by atomic mass is 10.1. The summed E-state index contributed by atoms with van der Waals surface area (Å²) >= 11 is 0. The van der Waals surface area contributed by atoms with E-state index in [2.05, 4.69) is 15.5 Å². The number of anilines is 1. The molecular weight excluding hydrogens is 351 g/mol. The molecule has 2 heterocycles. The van der Waals surface area contributed by atoms with E-state index in [4.69, 9.17) is 4.74 Å². The molecule has 7 nitrogen and oxygen atoms in total. The maximum absolute atomic E-state index is 13.3. The van der Waals surface area contributed by atoms with E-state index >= 15 is 0 Å². The molecule has 0 fully saturated rings. The SMILES string of the molecule is COCn1cc(NC(=O)Cn2nc(C(F)(F)F)c3c2CCCCC3)cn1. The van der Waals surface area contributed by atoms with Gasteiger partial charge >= 0.3 is 6.18 Å². The molecule has 0 spiro atoms. The number of alkyl halides is 3. The van der Waals surface area contributed by atoms with Gasteiger partial charge in [0.1, 0.15) is 13.3 Å². The molecule has 0 saturated carbocycles. The number of halogens is 3.